The van der Waals surface area contributed by atoms with E-state index in [9.17, 15) is 4.79 Å². The third kappa shape index (κ3) is 6.45. The molecule has 9 heteroatoms. The molecule has 1 amide bonds. The first-order valence-corrected chi connectivity index (χ1v) is 11.7. The number of guanidine groups is 1. The van der Waals surface area contributed by atoms with E-state index < -0.39 is 0 Å². The molecule has 0 bridgehead atoms. The van der Waals surface area contributed by atoms with Crippen molar-refractivity contribution in [1.82, 2.24) is 20.0 Å². The van der Waals surface area contributed by atoms with Crippen molar-refractivity contribution in [3.63, 3.8) is 0 Å². The Kier molecular flexibility index (Phi) is 9.21. The number of halogens is 1. The molecule has 170 valence electrons. The lowest BCUT2D eigenvalue weighted by Gasteiger charge is -2.38. The number of carbonyl (C=O) groups excluding carboxylic acids is 1. The van der Waals surface area contributed by atoms with E-state index in [4.69, 9.17) is 9.41 Å². The van der Waals surface area contributed by atoms with Crippen molar-refractivity contribution in [3.05, 3.63) is 46.5 Å². The molecule has 1 unspecified atom stereocenters. The highest BCUT2D eigenvalue weighted by Gasteiger charge is 2.33. The molecule has 2 aliphatic heterocycles. The minimum Gasteiger partial charge on any atom is -0.469 e. The van der Waals surface area contributed by atoms with Gasteiger partial charge in [-0.2, -0.15) is 0 Å². The summed E-state index contributed by atoms with van der Waals surface area (Å²) in [5.41, 5.74) is 0. The van der Waals surface area contributed by atoms with Crippen molar-refractivity contribution in [1.29, 1.82) is 0 Å². The Morgan fingerprint density at radius 3 is 2.65 bits per heavy atom. The van der Waals surface area contributed by atoms with Gasteiger partial charge in [0.25, 0.3) is 0 Å². The van der Waals surface area contributed by atoms with E-state index in [1.165, 1.54) is 4.88 Å². The van der Waals surface area contributed by atoms with Crippen LogP contribution in [0.1, 0.15) is 23.5 Å². The van der Waals surface area contributed by atoms with Crippen LogP contribution in [0.25, 0.3) is 0 Å². The Morgan fingerprint density at radius 1 is 1.19 bits per heavy atom. The first kappa shape index (κ1) is 24.1. The van der Waals surface area contributed by atoms with E-state index in [0.717, 1.165) is 70.3 Å². The molecule has 1 atom stereocenters. The number of carbonyl (C=O) groups is 1. The van der Waals surface area contributed by atoms with E-state index in [-0.39, 0.29) is 35.9 Å². The third-order valence-corrected chi connectivity index (χ3v) is 6.76. The van der Waals surface area contributed by atoms with Gasteiger partial charge in [0.2, 0.25) is 5.91 Å². The number of rotatable bonds is 6. The van der Waals surface area contributed by atoms with Crippen LogP contribution in [0, 0.1) is 0 Å². The molecule has 7 nitrogen and oxygen atoms in total. The summed E-state index contributed by atoms with van der Waals surface area (Å²) >= 11 is 1.73. The van der Waals surface area contributed by atoms with Gasteiger partial charge in [-0.05, 0) is 50.0 Å². The maximum Gasteiger partial charge on any atom is 0.240 e. The molecule has 0 aromatic carbocycles. The molecule has 2 fully saturated rings. The number of hydrogen-bond acceptors (Lipinski definition) is 5. The molecule has 4 rings (SSSR count). The fourth-order valence-corrected chi connectivity index (χ4v) is 4.78. The van der Waals surface area contributed by atoms with Crippen LogP contribution in [0.4, 0.5) is 0 Å². The van der Waals surface area contributed by atoms with Crippen LogP contribution in [0.3, 0.4) is 0 Å². The highest BCUT2D eigenvalue weighted by molar-refractivity contribution is 14.0. The molecular formula is C22H32IN5O2S. The largest absolute Gasteiger partial charge is 0.469 e. The van der Waals surface area contributed by atoms with Crippen molar-refractivity contribution in [2.24, 2.45) is 4.99 Å². The van der Waals surface area contributed by atoms with Gasteiger partial charge >= 0.3 is 0 Å². The zero-order chi connectivity index (χ0) is 20.8. The van der Waals surface area contributed by atoms with Crippen molar-refractivity contribution >= 4 is 47.2 Å². The fraction of sp³-hybridized carbons (Fsp3) is 0.545. The van der Waals surface area contributed by atoms with Crippen LogP contribution >= 0.6 is 35.3 Å². The second kappa shape index (κ2) is 11.9. The van der Waals surface area contributed by atoms with E-state index in [1.54, 1.807) is 17.6 Å². The van der Waals surface area contributed by atoms with Crippen molar-refractivity contribution < 1.29 is 9.21 Å². The normalized spacial score (nSPS) is 20.0. The standard InChI is InChI=1S/C22H31N5O2S.HI/c1-25-10-2-7-20(25)21(28)26-11-13-27(14-12-26)22(24-17-19-6-4-16-30-19)23-9-8-18-5-3-15-29-18;/h3-6,15-16,20H,2,7-14,17H2,1H3,(H,23,24);1H. The summed E-state index contributed by atoms with van der Waals surface area (Å²) in [6, 6.07) is 8.15. The van der Waals surface area contributed by atoms with Crippen LogP contribution in [-0.2, 0) is 17.8 Å². The van der Waals surface area contributed by atoms with E-state index in [2.05, 4.69) is 39.7 Å². The predicted molar refractivity (Wildman–Crippen MR) is 135 cm³/mol. The van der Waals surface area contributed by atoms with Crippen LogP contribution in [0.5, 0.6) is 0 Å². The SMILES string of the molecule is CN1CCCC1C(=O)N1CCN(C(=NCc2cccs2)NCCc2ccco2)CC1.I. The van der Waals surface area contributed by atoms with E-state index in [0.29, 0.717) is 6.54 Å². The minimum atomic E-state index is 0. The second-order valence-corrected chi connectivity index (χ2v) is 8.96. The first-order valence-electron chi connectivity index (χ1n) is 10.8. The van der Waals surface area contributed by atoms with Gasteiger partial charge in [0.15, 0.2) is 5.96 Å². The average molecular weight is 558 g/mol. The highest BCUT2D eigenvalue weighted by atomic mass is 127. The maximum atomic E-state index is 12.9. The number of likely N-dealkylation sites (tertiary alicyclic amines) is 1. The zero-order valence-corrected chi connectivity index (χ0v) is 21.2. The molecule has 0 spiro atoms. The van der Waals surface area contributed by atoms with Gasteiger partial charge < -0.3 is 19.5 Å². The number of furan rings is 1. The quantitative estimate of drug-likeness (QED) is 0.337. The molecular weight excluding hydrogens is 525 g/mol. The average Bonchev–Trinajstić information content (AvgIpc) is 3.53. The lowest BCUT2D eigenvalue weighted by molar-refractivity contribution is -0.136. The third-order valence-electron chi connectivity index (χ3n) is 5.90. The number of hydrogen-bond donors (Lipinski definition) is 1. The fourth-order valence-electron chi connectivity index (χ4n) is 4.15. The van der Waals surface area contributed by atoms with Crippen LogP contribution < -0.4 is 5.32 Å². The maximum absolute atomic E-state index is 12.9. The number of thiophene rings is 1. The van der Waals surface area contributed by atoms with Crippen molar-refractivity contribution in [2.45, 2.75) is 31.8 Å². The summed E-state index contributed by atoms with van der Waals surface area (Å²) in [4.78, 5) is 25.5. The van der Waals surface area contributed by atoms with Gasteiger partial charge in [-0.25, -0.2) is 4.99 Å². The van der Waals surface area contributed by atoms with Gasteiger partial charge in [0, 0.05) is 44.0 Å². The van der Waals surface area contributed by atoms with Crippen molar-refractivity contribution in [2.75, 3.05) is 46.3 Å². The minimum absolute atomic E-state index is 0. The lowest BCUT2D eigenvalue weighted by Crippen LogP contribution is -2.56. The van der Waals surface area contributed by atoms with Gasteiger partial charge in [-0.1, -0.05) is 6.07 Å². The molecule has 2 aromatic heterocycles. The number of nitrogens with one attached hydrogen (secondary N) is 1. The molecule has 4 heterocycles. The second-order valence-electron chi connectivity index (χ2n) is 7.93. The topological polar surface area (TPSA) is 64.3 Å². The molecule has 2 aliphatic rings. The van der Waals surface area contributed by atoms with Gasteiger partial charge in [-0.3, -0.25) is 9.69 Å². The molecule has 0 radical (unpaired) electrons. The molecule has 0 aliphatic carbocycles. The number of nitrogens with zero attached hydrogens (tertiary/aromatic N) is 4. The van der Waals surface area contributed by atoms with Gasteiger partial charge in [-0.15, -0.1) is 35.3 Å². The Labute approximate surface area is 205 Å². The van der Waals surface area contributed by atoms with Crippen LogP contribution in [0.2, 0.25) is 0 Å². The molecule has 1 N–H and O–H groups in total. The van der Waals surface area contributed by atoms with Crippen LogP contribution in [-0.4, -0.2) is 78.9 Å². The van der Waals surface area contributed by atoms with Gasteiger partial charge in [0.1, 0.15) is 5.76 Å². The summed E-state index contributed by atoms with van der Waals surface area (Å²) in [7, 11) is 2.06. The van der Waals surface area contributed by atoms with Crippen molar-refractivity contribution in [3.8, 4) is 0 Å². The number of likely N-dealkylation sites (N-methyl/N-ethyl adjacent to an activating group) is 1. The molecule has 31 heavy (non-hydrogen) atoms. The Bertz CT molecular complexity index is 819. The Hall–Kier alpha value is -1.59. The van der Waals surface area contributed by atoms with E-state index in [1.807, 2.05) is 17.0 Å². The summed E-state index contributed by atoms with van der Waals surface area (Å²) in [6.07, 6.45) is 4.63. The molecule has 0 saturated carbocycles. The summed E-state index contributed by atoms with van der Waals surface area (Å²) in [5, 5.41) is 5.59. The number of amides is 1. The van der Waals surface area contributed by atoms with Gasteiger partial charge in [0.05, 0.1) is 18.8 Å². The lowest BCUT2D eigenvalue weighted by atomic mass is 10.1. The highest BCUT2D eigenvalue weighted by Crippen LogP contribution is 2.18. The summed E-state index contributed by atoms with van der Waals surface area (Å²) < 4.78 is 5.44. The molecule has 2 aromatic rings. The van der Waals surface area contributed by atoms with E-state index >= 15 is 0 Å². The van der Waals surface area contributed by atoms with Crippen LogP contribution in [0.15, 0.2) is 45.3 Å². The zero-order valence-electron chi connectivity index (χ0n) is 18.0. The summed E-state index contributed by atoms with van der Waals surface area (Å²) in [6.45, 7) is 5.57. The molecule has 2 saturated heterocycles. The Balaban J connectivity index is 0.00000272. The Morgan fingerprint density at radius 2 is 2.00 bits per heavy atom. The predicted octanol–water partition coefficient (Wildman–Crippen LogP) is 2.89. The monoisotopic (exact) mass is 557 g/mol. The number of aliphatic imine (C=N–C) groups is 1. The number of piperazine rings is 1. The first-order chi connectivity index (χ1) is 14.7. The summed E-state index contributed by atoms with van der Waals surface area (Å²) in [5.74, 6) is 2.17. The smallest absolute Gasteiger partial charge is 0.240 e.